The first kappa shape index (κ1) is 26.1. The van der Waals surface area contributed by atoms with Crippen LogP contribution in [0.5, 0.6) is 0 Å². The Balaban J connectivity index is 1.25. The predicted octanol–water partition coefficient (Wildman–Crippen LogP) is 11.4. The molecule has 9 aromatic rings. The summed E-state index contributed by atoms with van der Waals surface area (Å²) in [7, 11) is -2.00. The first-order valence-electron chi connectivity index (χ1n) is 15.9. The molecule has 4 heteroatoms. The number of thiophene rings is 1. The Morgan fingerprint density at radius 3 is 2.26 bits per heavy atom. The van der Waals surface area contributed by atoms with Gasteiger partial charge in [0, 0.05) is 47.7 Å². The highest BCUT2D eigenvalue weighted by Crippen LogP contribution is 2.46. The molecule has 218 valence electrons. The Hall–Kier alpha value is -5.16. The molecular weight excluding hydrogens is 595 g/mol. The molecule has 0 amide bonds. The van der Waals surface area contributed by atoms with E-state index in [1.807, 2.05) is 17.4 Å². The highest BCUT2D eigenvalue weighted by Gasteiger charge is 2.39. The van der Waals surface area contributed by atoms with Crippen molar-refractivity contribution in [2.75, 3.05) is 4.90 Å². The number of benzene rings is 7. The van der Waals surface area contributed by atoms with Crippen molar-refractivity contribution < 1.29 is 4.42 Å². The third-order valence-corrected chi connectivity index (χ3v) is 14.7. The maximum atomic E-state index is 6.63. The molecule has 0 fully saturated rings. The first-order valence-corrected chi connectivity index (χ1v) is 19.7. The fourth-order valence-corrected chi connectivity index (χ4v) is 12.1. The van der Waals surface area contributed by atoms with E-state index in [1.54, 1.807) is 0 Å². The standard InChI is InChI=1S/C42H29NOSSi/c1-46(2)37-24-23-36-40(31-15-7-9-18-35(31)45-36)41(37)32-22-20-28(25-38(32)46)43(27-12-4-3-5-13-27)33-16-10-11-26-19-21-30-29-14-6-8-17-34(29)44-42(30)39(26)33/h3-25H,1-2H3. The summed E-state index contributed by atoms with van der Waals surface area (Å²) in [5.41, 5.74) is 8.12. The van der Waals surface area contributed by atoms with Gasteiger partial charge in [0.25, 0.3) is 0 Å². The van der Waals surface area contributed by atoms with Gasteiger partial charge in [0.05, 0.1) is 5.69 Å². The van der Waals surface area contributed by atoms with Crippen molar-refractivity contribution in [3.8, 4) is 11.1 Å². The third kappa shape index (κ3) is 3.51. The molecule has 10 rings (SSSR count). The Morgan fingerprint density at radius 2 is 1.37 bits per heavy atom. The fraction of sp³-hybridized carbons (Fsp3) is 0.0476. The highest BCUT2D eigenvalue weighted by atomic mass is 32.1. The number of rotatable bonds is 3. The van der Waals surface area contributed by atoms with Crippen molar-refractivity contribution >= 4 is 99.7 Å². The second-order valence-corrected chi connectivity index (χ2v) is 18.3. The molecule has 0 saturated carbocycles. The van der Waals surface area contributed by atoms with Crippen molar-refractivity contribution in [3.05, 3.63) is 140 Å². The molecule has 0 saturated heterocycles. The van der Waals surface area contributed by atoms with Gasteiger partial charge < -0.3 is 9.32 Å². The number of para-hydroxylation sites is 2. The van der Waals surface area contributed by atoms with Gasteiger partial charge in [-0.05, 0) is 81.5 Å². The molecule has 0 atom stereocenters. The number of furan rings is 1. The van der Waals surface area contributed by atoms with Crippen LogP contribution in [0.4, 0.5) is 17.1 Å². The van der Waals surface area contributed by atoms with Crippen LogP contribution in [0.1, 0.15) is 0 Å². The van der Waals surface area contributed by atoms with Crippen LogP contribution in [0.25, 0.3) is 64.0 Å². The summed E-state index contributed by atoms with van der Waals surface area (Å²) >= 11 is 1.91. The van der Waals surface area contributed by atoms with Crippen molar-refractivity contribution in [1.82, 2.24) is 0 Å². The summed E-state index contributed by atoms with van der Waals surface area (Å²) in [6, 6.07) is 51.1. The molecule has 0 radical (unpaired) electrons. The lowest BCUT2D eigenvalue weighted by molar-refractivity contribution is 0.672. The minimum atomic E-state index is -2.00. The van der Waals surface area contributed by atoms with Gasteiger partial charge in [-0.3, -0.25) is 0 Å². The van der Waals surface area contributed by atoms with E-state index in [1.165, 1.54) is 52.7 Å². The zero-order valence-electron chi connectivity index (χ0n) is 25.5. The fourth-order valence-electron chi connectivity index (χ4n) is 7.89. The molecule has 7 aromatic carbocycles. The zero-order chi connectivity index (χ0) is 30.6. The van der Waals surface area contributed by atoms with Crippen LogP contribution in [0.2, 0.25) is 13.1 Å². The lowest BCUT2D eigenvalue weighted by atomic mass is 9.98. The van der Waals surface area contributed by atoms with Gasteiger partial charge in [-0.1, -0.05) is 98.0 Å². The molecule has 0 bridgehead atoms. The predicted molar refractivity (Wildman–Crippen MR) is 201 cm³/mol. The maximum Gasteiger partial charge on any atom is 0.145 e. The molecule has 0 unspecified atom stereocenters. The monoisotopic (exact) mass is 623 g/mol. The highest BCUT2D eigenvalue weighted by molar-refractivity contribution is 7.26. The van der Waals surface area contributed by atoms with Crippen LogP contribution >= 0.6 is 11.3 Å². The Kier molecular flexibility index (Phi) is 5.35. The van der Waals surface area contributed by atoms with E-state index in [-0.39, 0.29) is 0 Å². The molecule has 1 aliphatic rings. The van der Waals surface area contributed by atoms with E-state index in [0.717, 1.165) is 38.7 Å². The van der Waals surface area contributed by atoms with E-state index in [2.05, 4.69) is 151 Å². The Morgan fingerprint density at radius 1 is 0.565 bits per heavy atom. The minimum Gasteiger partial charge on any atom is -0.455 e. The van der Waals surface area contributed by atoms with Crippen LogP contribution in [0, 0.1) is 0 Å². The number of nitrogens with zero attached hydrogens (tertiary/aromatic N) is 1. The second-order valence-electron chi connectivity index (χ2n) is 12.9. The Bertz CT molecular complexity index is 2680. The second kappa shape index (κ2) is 9.43. The smallest absolute Gasteiger partial charge is 0.145 e. The average molecular weight is 624 g/mol. The number of hydrogen-bond donors (Lipinski definition) is 0. The molecule has 46 heavy (non-hydrogen) atoms. The molecule has 0 aliphatic carbocycles. The van der Waals surface area contributed by atoms with Gasteiger partial charge in [-0.25, -0.2) is 0 Å². The van der Waals surface area contributed by atoms with Crippen LogP contribution < -0.4 is 15.3 Å². The lowest BCUT2D eigenvalue weighted by Gasteiger charge is -2.28. The molecule has 3 heterocycles. The number of hydrogen-bond acceptors (Lipinski definition) is 3. The van der Waals surface area contributed by atoms with Gasteiger partial charge in [0.2, 0.25) is 0 Å². The van der Waals surface area contributed by atoms with Crippen molar-refractivity contribution in [2.24, 2.45) is 0 Å². The summed E-state index contributed by atoms with van der Waals surface area (Å²) in [6.45, 7) is 5.04. The molecule has 2 aromatic heterocycles. The number of fused-ring (bicyclic) bond motifs is 12. The van der Waals surface area contributed by atoms with Crippen LogP contribution in [-0.2, 0) is 0 Å². The summed E-state index contributed by atoms with van der Waals surface area (Å²) in [5, 5.41) is 10.4. The minimum absolute atomic E-state index is 0.918. The Labute approximate surface area is 271 Å². The van der Waals surface area contributed by atoms with Crippen molar-refractivity contribution in [1.29, 1.82) is 0 Å². The molecule has 2 nitrogen and oxygen atoms in total. The summed E-state index contributed by atoms with van der Waals surface area (Å²) in [6.07, 6.45) is 0. The largest absolute Gasteiger partial charge is 0.455 e. The van der Waals surface area contributed by atoms with Crippen LogP contribution in [-0.4, -0.2) is 8.07 Å². The molecular formula is C42H29NOSSi. The van der Waals surface area contributed by atoms with Crippen LogP contribution in [0.15, 0.2) is 144 Å². The SMILES string of the molecule is C[Si]1(C)c2cc(N(c3ccccc3)c3cccc4ccc5c6ccccc6oc5c34)ccc2-c2c1ccc1sc3ccccc3c21. The molecule has 0 N–H and O–H groups in total. The number of anilines is 3. The van der Waals surface area contributed by atoms with E-state index in [0.29, 0.717) is 0 Å². The van der Waals surface area contributed by atoms with Crippen molar-refractivity contribution in [2.45, 2.75) is 13.1 Å². The summed E-state index contributed by atoms with van der Waals surface area (Å²) in [5.74, 6) is 0. The van der Waals surface area contributed by atoms with Gasteiger partial charge >= 0.3 is 0 Å². The topological polar surface area (TPSA) is 16.4 Å². The van der Waals surface area contributed by atoms with E-state index < -0.39 is 8.07 Å². The van der Waals surface area contributed by atoms with E-state index in [9.17, 15) is 0 Å². The van der Waals surface area contributed by atoms with Crippen LogP contribution in [0.3, 0.4) is 0 Å². The zero-order valence-corrected chi connectivity index (χ0v) is 27.4. The average Bonchev–Trinajstić information content (AvgIpc) is 3.73. The lowest BCUT2D eigenvalue weighted by Crippen LogP contribution is -2.49. The van der Waals surface area contributed by atoms with Gasteiger partial charge in [-0.2, -0.15) is 0 Å². The quantitative estimate of drug-likeness (QED) is 0.182. The van der Waals surface area contributed by atoms with Gasteiger partial charge in [0.1, 0.15) is 19.2 Å². The van der Waals surface area contributed by atoms with E-state index in [4.69, 9.17) is 4.42 Å². The van der Waals surface area contributed by atoms with Crippen molar-refractivity contribution in [3.63, 3.8) is 0 Å². The summed E-state index contributed by atoms with van der Waals surface area (Å²) in [4.78, 5) is 2.43. The van der Waals surface area contributed by atoms with E-state index >= 15 is 0 Å². The molecule has 1 aliphatic heterocycles. The van der Waals surface area contributed by atoms with Gasteiger partial charge in [0.15, 0.2) is 0 Å². The van der Waals surface area contributed by atoms with Gasteiger partial charge in [-0.15, -0.1) is 11.3 Å². The third-order valence-electron chi connectivity index (χ3n) is 10.0. The first-order chi connectivity index (χ1) is 22.6. The normalized spacial score (nSPS) is 13.6. The molecule has 0 spiro atoms. The maximum absolute atomic E-state index is 6.63. The summed E-state index contributed by atoms with van der Waals surface area (Å²) < 4.78 is 9.36.